The maximum atomic E-state index is 11.7. The van der Waals surface area contributed by atoms with E-state index in [2.05, 4.69) is 10.2 Å². The second-order valence-corrected chi connectivity index (χ2v) is 5.88. The molecular formula is C12H14ClN5OS. The number of nitrogens with zero attached hydrogens (tertiary/aromatic N) is 2. The summed E-state index contributed by atoms with van der Waals surface area (Å²) >= 11 is 7.22. The number of hydrogen-bond acceptors (Lipinski definition) is 4. The zero-order valence-electron chi connectivity index (χ0n) is 11.0. The summed E-state index contributed by atoms with van der Waals surface area (Å²) < 4.78 is 1.54. The number of H-pyrrole nitrogens is 1. The van der Waals surface area contributed by atoms with Crippen molar-refractivity contribution >= 4 is 29.2 Å². The number of halogens is 1. The minimum absolute atomic E-state index is 0.0243. The Morgan fingerprint density at radius 1 is 1.55 bits per heavy atom. The number of nitrogen functional groups attached to an aromatic ring is 1. The maximum Gasteiger partial charge on any atom is 0.344 e. The van der Waals surface area contributed by atoms with E-state index in [1.165, 1.54) is 16.3 Å². The van der Waals surface area contributed by atoms with E-state index in [0.29, 0.717) is 20.6 Å². The molecule has 1 aromatic carbocycles. The third-order valence-corrected chi connectivity index (χ3v) is 3.89. The van der Waals surface area contributed by atoms with Gasteiger partial charge in [0.15, 0.2) is 5.16 Å². The van der Waals surface area contributed by atoms with Gasteiger partial charge in [-0.05, 0) is 43.8 Å². The van der Waals surface area contributed by atoms with Gasteiger partial charge < -0.3 is 5.73 Å². The van der Waals surface area contributed by atoms with Gasteiger partial charge in [0.1, 0.15) is 5.84 Å². The van der Waals surface area contributed by atoms with Gasteiger partial charge in [0, 0.05) is 21.5 Å². The van der Waals surface area contributed by atoms with Crippen molar-refractivity contribution in [2.24, 2.45) is 5.73 Å². The van der Waals surface area contributed by atoms with Crippen molar-refractivity contribution in [1.82, 2.24) is 14.8 Å². The van der Waals surface area contributed by atoms with Gasteiger partial charge in [0.2, 0.25) is 0 Å². The monoisotopic (exact) mass is 311 g/mol. The minimum atomic E-state index is -0.270. The highest BCUT2D eigenvalue weighted by Gasteiger charge is 2.15. The van der Waals surface area contributed by atoms with Crippen LogP contribution in [0, 0.1) is 5.41 Å². The van der Waals surface area contributed by atoms with Crippen LogP contribution in [-0.2, 0) is 0 Å². The number of benzene rings is 1. The zero-order chi connectivity index (χ0) is 14.9. The summed E-state index contributed by atoms with van der Waals surface area (Å²) in [6.45, 7) is 3.79. The normalized spacial score (nSPS) is 11.0. The summed E-state index contributed by atoms with van der Waals surface area (Å²) in [5.41, 5.74) is 5.84. The first-order valence-corrected chi connectivity index (χ1v) is 7.08. The van der Waals surface area contributed by atoms with Crippen LogP contribution in [0.3, 0.4) is 0 Å². The van der Waals surface area contributed by atoms with E-state index in [4.69, 9.17) is 22.7 Å². The molecule has 106 valence electrons. The Hall–Kier alpha value is -1.73. The number of rotatable bonds is 4. The average molecular weight is 312 g/mol. The van der Waals surface area contributed by atoms with E-state index < -0.39 is 0 Å². The van der Waals surface area contributed by atoms with Crippen molar-refractivity contribution in [2.75, 3.05) is 0 Å². The number of nitrogens with one attached hydrogen (secondary N) is 2. The fourth-order valence-corrected chi connectivity index (χ4v) is 3.11. The topological polar surface area (TPSA) is 101 Å². The van der Waals surface area contributed by atoms with Crippen molar-refractivity contribution in [1.29, 1.82) is 5.41 Å². The largest absolute Gasteiger partial charge is 0.384 e. The Morgan fingerprint density at radius 2 is 2.25 bits per heavy atom. The molecule has 8 heteroatoms. The molecule has 0 amide bonds. The second kappa shape index (κ2) is 5.72. The predicted octanol–water partition coefficient (Wildman–Crippen LogP) is 2.24. The molecule has 20 heavy (non-hydrogen) atoms. The first kappa shape index (κ1) is 14.7. The number of aromatic amines is 1. The summed E-state index contributed by atoms with van der Waals surface area (Å²) in [4.78, 5) is 12.4. The molecule has 1 aromatic heterocycles. The van der Waals surface area contributed by atoms with Gasteiger partial charge in [-0.2, -0.15) is 0 Å². The standard InChI is InChI=1S/C12H14ClN5OS/c1-6(2)18-11(19)16-17-12(18)20-9-5-7(13)3-4-8(9)10(14)15/h3-6H,1-2H3,(H3,14,15)(H,16,19). The minimum Gasteiger partial charge on any atom is -0.384 e. The SMILES string of the molecule is CC(C)n1c(Sc2cc(Cl)ccc2C(=N)N)n[nH]c1=O. The van der Waals surface area contributed by atoms with Crippen molar-refractivity contribution in [3.8, 4) is 0 Å². The summed E-state index contributed by atoms with van der Waals surface area (Å²) in [5, 5.41) is 15.0. The molecule has 1 heterocycles. The lowest BCUT2D eigenvalue weighted by Gasteiger charge is -2.11. The Labute approximate surface area is 124 Å². The van der Waals surface area contributed by atoms with Crippen molar-refractivity contribution < 1.29 is 0 Å². The smallest absolute Gasteiger partial charge is 0.344 e. The molecule has 0 bridgehead atoms. The predicted molar refractivity (Wildman–Crippen MR) is 79.8 cm³/mol. The Balaban J connectivity index is 2.47. The number of amidine groups is 1. The van der Waals surface area contributed by atoms with E-state index in [0.717, 1.165) is 0 Å². The maximum absolute atomic E-state index is 11.7. The van der Waals surface area contributed by atoms with Crippen LogP contribution in [0.25, 0.3) is 0 Å². The number of aromatic nitrogens is 3. The van der Waals surface area contributed by atoms with Gasteiger partial charge in [0.05, 0.1) is 0 Å². The summed E-state index contributed by atoms with van der Waals surface area (Å²) in [6, 6.07) is 5.02. The van der Waals surface area contributed by atoms with Crippen molar-refractivity contribution in [3.63, 3.8) is 0 Å². The summed E-state index contributed by atoms with van der Waals surface area (Å²) in [5.74, 6) is -0.0573. The third-order valence-electron chi connectivity index (χ3n) is 2.62. The first-order chi connectivity index (χ1) is 9.40. The molecule has 0 aliphatic rings. The fraction of sp³-hybridized carbons (Fsp3) is 0.250. The molecule has 0 unspecified atom stereocenters. The first-order valence-electron chi connectivity index (χ1n) is 5.89. The third kappa shape index (κ3) is 2.88. The quantitative estimate of drug-likeness (QED) is 0.595. The van der Waals surface area contributed by atoms with Gasteiger partial charge >= 0.3 is 5.69 Å². The highest BCUT2D eigenvalue weighted by Crippen LogP contribution is 2.31. The molecule has 0 aliphatic heterocycles. The lowest BCUT2D eigenvalue weighted by atomic mass is 10.2. The summed E-state index contributed by atoms with van der Waals surface area (Å²) in [7, 11) is 0. The molecule has 0 saturated carbocycles. The van der Waals surface area contributed by atoms with Crippen LogP contribution in [0.2, 0.25) is 5.02 Å². The van der Waals surface area contributed by atoms with Crippen molar-refractivity contribution in [2.45, 2.75) is 29.9 Å². The van der Waals surface area contributed by atoms with Gasteiger partial charge in [-0.25, -0.2) is 9.89 Å². The van der Waals surface area contributed by atoms with E-state index >= 15 is 0 Å². The van der Waals surface area contributed by atoms with E-state index in [1.807, 2.05) is 13.8 Å². The number of nitrogens with two attached hydrogens (primary N) is 1. The molecule has 0 saturated heterocycles. The second-order valence-electron chi connectivity index (χ2n) is 4.43. The number of hydrogen-bond donors (Lipinski definition) is 3. The molecule has 2 aromatic rings. The van der Waals surface area contributed by atoms with E-state index in [1.54, 1.807) is 18.2 Å². The molecule has 0 spiro atoms. The summed E-state index contributed by atoms with van der Waals surface area (Å²) in [6.07, 6.45) is 0. The Morgan fingerprint density at radius 3 is 2.85 bits per heavy atom. The van der Waals surface area contributed by atoms with E-state index in [-0.39, 0.29) is 17.6 Å². The van der Waals surface area contributed by atoms with Crippen LogP contribution in [0.15, 0.2) is 33.0 Å². The van der Waals surface area contributed by atoms with Crippen LogP contribution >= 0.6 is 23.4 Å². The average Bonchev–Trinajstić information content (AvgIpc) is 2.70. The van der Waals surface area contributed by atoms with Gasteiger partial charge in [-0.3, -0.25) is 9.98 Å². The Bertz CT molecular complexity index is 706. The van der Waals surface area contributed by atoms with Crippen LogP contribution in [-0.4, -0.2) is 20.6 Å². The molecular weight excluding hydrogens is 298 g/mol. The van der Waals surface area contributed by atoms with Crippen LogP contribution in [0.5, 0.6) is 0 Å². The van der Waals surface area contributed by atoms with Crippen LogP contribution in [0.1, 0.15) is 25.5 Å². The van der Waals surface area contributed by atoms with Gasteiger partial charge in [0.25, 0.3) is 0 Å². The molecule has 6 nitrogen and oxygen atoms in total. The molecule has 0 fully saturated rings. The zero-order valence-corrected chi connectivity index (χ0v) is 12.5. The van der Waals surface area contributed by atoms with Crippen LogP contribution in [0.4, 0.5) is 0 Å². The van der Waals surface area contributed by atoms with Crippen LogP contribution < -0.4 is 11.4 Å². The molecule has 2 rings (SSSR count). The lowest BCUT2D eigenvalue weighted by Crippen LogP contribution is -2.19. The highest BCUT2D eigenvalue weighted by atomic mass is 35.5. The fourth-order valence-electron chi connectivity index (χ4n) is 1.72. The van der Waals surface area contributed by atoms with E-state index in [9.17, 15) is 4.79 Å². The molecule has 0 aliphatic carbocycles. The Kier molecular flexibility index (Phi) is 4.20. The molecule has 4 N–H and O–H groups in total. The van der Waals surface area contributed by atoms with Gasteiger partial charge in [-0.1, -0.05) is 11.6 Å². The molecule has 0 atom stereocenters. The van der Waals surface area contributed by atoms with Gasteiger partial charge in [-0.15, -0.1) is 5.10 Å². The lowest BCUT2D eigenvalue weighted by molar-refractivity contribution is 0.534. The molecule has 0 radical (unpaired) electrons. The van der Waals surface area contributed by atoms with Crippen molar-refractivity contribution in [3.05, 3.63) is 39.3 Å². The highest BCUT2D eigenvalue weighted by molar-refractivity contribution is 7.99.